The fourth-order valence-corrected chi connectivity index (χ4v) is 4.14. The highest BCUT2D eigenvalue weighted by atomic mass is 16.2. The Morgan fingerprint density at radius 1 is 1.25 bits per heavy atom. The summed E-state index contributed by atoms with van der Waals surface area (Å²) in [6.07, 6.45) is 7.14. The summed E-state index contributed by atoms with van der Waals surface area (Å²) in [6, 6.07) is 12.2. The highest BCUT2D eigenvalue weighted by Crippen LogP contribution is 2.39. The number of nitrogens with one attached hydrogen (secondary N) is 1. The van der Waals surface area contributed by atoms with Crippen molar-refractivity contribution < 1.29 is 4.79 Å². The maximum Gasteiger partial charge on any atom is 0.230 e. The topological polar surface area (TPSA) is 69.0 Å². The fourth-order valence-electron chi connectivity index (χ4n) is 4.14. The highest BCUT2D eigenvalue weighted by molar-refractivity contribution is 5.99. The summed E-state index contributed by atoms with van der Waals surface area (Å²) in [5, 5.41) is 13.0. The van der Waals surface area contributed by atoms with E-state index in [0.29, 0.717) is 6.54 Å². The van der Waals surface area contributed by atoms with Gasteiger partial charge in [-0.3, -0.25) is 4.79 Å². The molecule has 1 aromatic carbocycles. The first kappa shape index (κ1) is 18.5. The van der Waals surface area contributed by atoms with Crippen molar-refractivity contribution in [2.45, 2.75) is 57.9 Å². The quantitative estimate of drug-likeness (QED) is 0.798. The number of nitriles is 1. The van der Waals surface area contributed by atoms with Crippen LogP contribution in [0.15, 0.2) is 36.5 Å². The van der Waals surface area contributed by atoms with E-state index in [0.717, 1.165) is 54.0 Å². The van der Waals surface area contributed by atoms with Crippen LogP contribution in [0.4, 0.5) is 17.2 Å². The number of carbonyl (C=O) groups excluding carboxylic acids is 1. The Bertz CT molecular complexity index is 938. The van der Waals surface area contributed by atoms with Crippen LogP contribution >= 0.6 is 0 Å². The SMILES string of the molecule is CC(C)(C#N)c1ccc2c(c1)N(C(=O)C1CCCCC1)Cc1cccnc1N2. The Labute approximate surface area is 166 Å². The van der Waals surface area contributed by atoms with Gasteiger partial charge in [0, 0.05) is 17.7 Å². The Morgan fingerprint density at radius 3 is 2.79 bits per heavy atom. The summed E-state index contributed by atoms with van der Waals surface area (Å²) in [6.45, 7) is 4.31. The van der Waals surface area contributed by atoms with Gasteiger partial charge in [0.25, 0.3) is 0 Å². The van der Waals surface area contributed by atoms with Crippen molar-refractivity contribution in [2.75, 3.05) is 10.2 Å². The molecule has 0 atom stereocenters. The molecule has 5 nitrogen and oxygen atoms in total. The predicted octanol–water partition coefficient (Wildman–Crippen LogP) is 5.05. The Hall–Kier alpha value is -2.87. The summed E-state index contributed by atoms with van der Waals surface area (Å²) in [4.78, 5) is 19.9. The summed E-state index contributed by atoms with van der Waals surface area (Å²) in [7, 11) is 0. The first-order chi connectivity index (χ1) is 13.5. The van der Waals surface area contributed by atoms with E-state index in [1.807, 2.05) is 49.1 Å². The fraction of sp³-hybridized carbons (Fsp3) is 0.435. The molecule has 1 amide bonds. The molecule has 2 aromatic rings. The third kappa shape index (κ3) is 3.35. The lowest BCUT2D eigenvalue weighted by atomic mass is 9.85. The Balaban J connectivity index is 1.81. The molecular weight excluding hydrogens is 348 g/mol. The number of carbonyl (C=O) groups is 1. The van der Waals surface area contributed by atoms with Crippen molar-refractivity contribution >= 4 is 23.1 Å². The van der Waals surface area contributed by atoms with E-state index in [-0.39, 0.29) is 11.8 Å². The lowest BCUT2D eigenvalue weighted by Gasteiger charge is -2.30. The van der Waals surface area contributed by atoms with Crippen molar-refractivity contribution in [1.82, 2.24) is 4.98 Å². The molecule has 1 aliphatic heterocycles. The molecule has 1 aliphatic carbocycles. The van der Waals surface area contributed by atoms with E-state index in [1.165, 1.54) is 6.42 Å². The normalized spacial score (nSPS) is 17.0. The molecule has 0 unspecified atom stereocenters. The summed E-state index contributed by atoms with van der Waals surface area (Å²) in [5.41, 5.74) is 3.00. The zero-order valence-corrected chi connectivity index (χ0v) is 16.5. The molecular formula is C23H26N4O. The minimum Gasteiger partial charge on any atom is -0.338 e. The summed E-state index contributed by atoms with van der Waals surface area (Å²) >= 11 is 0. The number of pyridine rings is 1. The molecule has 144 valence electrons. The standard InChI is InChI=1S/C23H26N4O/c1-23(2,15-24)18-10-11-19-20(13-18)27(22(28)16-7-4-3-5-8-16)14-17-9-6-12-25-21(17)26-19/h6,9-13,16H,3-5,7-8,14H2,1-2H3,(H,25,26). The van der Waals surface area contributed by atoms with Crippen LogP contribution in [0, 0.1) is 17.2 Å². The molecule has 0 bridgehead atoms. The van der Waals surface area contributed by atoms with Crippen LogP contribution in [0.5, 0.6) is 0 Å². The summed E-state index contributed by atoms with van der Waals surface area (Å²) < 4.78 is 0. The van der Waals surface area contributed by atoms with Gasteiger partial charge in [0.1, 0.15) is 5.82 Å². The molecule has 28 heavy (non-hydrogen) atoms. The molecule has 1 N–H and O–H groups in total. The highest BCUT2D eigenvalue weighted by Gasteiger charge is 2.32. The second-order valence-corrected chi connectivity index (χ2v) is 8.36. The molecule has 1 saturated carbocycles. The van der Waals surface area contributed by atoms with E-state index >= 15 is 0 Å². The predicted molar refractivity (Wildman–Crippen MR) is 110 cm³/mol. The van der Waals surface area contributed by atoms with Crippen molar-refractivity contribution in [3.63, 3.8) is 0 Å². The van der Waals surface area contributed by atoms with E-state index in [1.54, 1.807) is 6.20 Å². The minimum atomic E-state index is -0.619. The Kier molecular flexibility index (Phi) is 4.80. The second-order valence-electron chi connectivity index (χ2n) is 8.36. The zero-order chi connectivity index (χ0) is 19.7. The van der Waals surface area contributed by atoms with Gasteiger partial charge in [0.05, 0.1) is 29.4 Å². The van der Waals surface area contributed by atoms with Crippen molar-refractivity contribution in [1.29, 1.82) is 5.26 Å². The molecule has 0 saturated heterocycles. The molecule has 2 aliphatic rings. The van der Waals surface area contributed by atoms with Crippen LogP contribution in [0.25, 0.3) is 0 Å². The van der Waals surface area contributed by atoms with Gasteiger partial charge in [0.15, 0.2) is 0 Å². The Morgan fingerprint density at radius 2 is 2.04 bits per heavy atom. The number of aromatic nitrogens is 1. The van der Waals surface area contributed by atoms with Gasteiger partial charge < -0.3 is 10.2 Å². The number of amides is 1. The average molecular weight is 374 g/mol. The first-order valence-electron chi connectivity index (χ1n) is 10.1. The van der Waals surface area contributed by atoms with E-state index < -0.39 is 5.41 Å². The molecule has 1 fully saturated rings. The third-order valence-corrected chi connectivity index (χ3v) is 5.98. The van der Waals surface area contributed by atoms with Gasteiger partial charge in [-0.1, -0.05) is 31.4 Å². The number of hydrogen-bond acceptors (Lipinski definition) is 4. The average Bonchev–Trinajstić information content (AvgIpc) is 2.90. The number of nitrogens with zero attached hydrogens (tertiary/aromatic N) is 3. The van der Waals surface area contributed by atoms with Gasteiger partial charge in [0.2, 0.25) is 5.91 Å². The number of anilines is 3. The van der Waals surface area contributed by atoms with Gasteiger partial charge in [-0.15, -0.1) is 0 Å². The lowest BCUT2D eigenvalue weighted by Crippen LogP contribution is -2.36. The molecule has 0 spiro atoms. The first-order valence-corrected chi connectivity index (χ1v) is 10.1. The maximum atomic E-state index is 13.5. The van der Waals surface area contributed by atoms with Crippen molar-refractivity contribution in [2.24, 2.45) is 5.92 Å². The largest absolute Gasteiger partial charge is 0.338 e. The monoisotopic (exact) mass is 374 g/mol. The van der Waals surface area contributed by atoms with Crippen LogP contribution in [-0.4, -0.2) is 10.9 Å². The second kappa shape index (κ2) is 7.27. The van der Waals surface area contributed by atoms with Gasteiger partial charge in [-0.2, -0.15) is 5.26 Å². The van der Waals surface area contributed by atoms with Crippen LogP contribution in [0.3, 0.4) is 0 Å². The molecule has 1 aromatic heterocycles. The zero-order valence-electron chi connectivity index (χ0n) is 16.5. The third-order valence-electron chi connectivity index (χ3n) is 5.98. The van der Waals surface area contributed by atoms with Gasteiger partial charge in [-0.25, -0.2) is 4.98 Å². The van der Waals surface area contributed by atoms with Crippen LogP contribution in [0.1, 0.15) is 57.1 Å². The molecule has 5 heteroatoms. The molecule has 4 rings (SSSR count). The lowest BCUT2D eigenvalue weighted by molar-refractivity contribution is -0.123. The molecule has 0 radical (unpaired) electrons. The van der Waals surface area contributed by atoms with Crippen LogP contribution in [0.2, 0.25) is 0 Å². The van der Waals surface area contributed by atoms with E-state index in [9.17, 15) is 10.1 Å². The summed E-state index contributed by atoms with van der Waals surface area (Å²) in [5.74, 6) is 1.05. The molecule has 2 heterocycles. The van der Waals surface area contributed by atoms with E-state index in [2.05, 4.69) is 16.4 Å². The van der Waals surface area contributed by atoms with Crippen LogP contribution < -0.4 is 10.2 Å². The number of hydrogen-bond donors (Lipinski definition) is 1. The smallest absolute Gasteiger partial charge is 0.230 e. The van der Waals surface area contributed by atoms with Crippen molar-refractivity contribution in [3.8, 4) is 6.07 Å². The van der Waals surface area contributed by atoms with E-state index in [4.69, 9.17) is 0 Å². The number of fused-ring (bicyclic) bond motifs is 2. The number of benzene rings is 1. The van der Waals surface area contributed by atoms with Gasteiger partial charge >= 0.3 is 0 Å². The number of rotatable bonds is 2. The minimum absolute atomic E-state index is 0.0763. The van der Waals surface area contributed by atoms with Crippen LogP contribution in [-0.2, 0) is 16.8 Å². The maximum absolute atomic E-state index is 13.5. The van der Waals surface area contributed by atoms with Crippen molar-refractivity contribution in [3.05, 3.63) is 47.7 Å². The van der Waals surface area contributed by atoms with Gasteiger partial charge in [-0.05, 0) is 50.5 Å².